The fourth-order valence-electron chi connectivity index (χ4n) is 3.50. The molecule has 0 bridgehead atoms. The number of carbonyl (C=O) groups excluding carboxylic acids is 2. The molecular formula is C18H21NO2. The van der Waals surface area contributed by atoms with Gasteiger partial charge in [-0.3, -0.25) is 9.59 Å². The van der Waals surface area contributed by atoms with Crippen LogP contribution in [0.2, 0.25) is 0 Å². The van der Waals surface area contributed by atoms with Crippen molar-refractivity contribution in [3.8, 4) is 0 Å². The van der Waals surface area contributed by atoms with Gasteiger partial charge in [-0.25, -0.2) is 0 Å². The summed E-state index contributed by atoms with van der Waals surface area (Å²) in [5.74, 6) is 0.343. The zero-order chi connectivity index (χ0) is 14.8. The Hall–Kier alpha value is -1.90. The molecule has 1 N–H and O–H groups in total. The van der Waals surface area contributed by atoms with Crippen molar-refractivity contribution in [1.82, 2.24) is 5.32 Å². The van der Waals surface area contributed by atoms with Crippen molar-refractivity contribution >= 4 is 17.3 Å². The number of benzene rings is 1. The number of fused-ring (bicyclic) bond motifs is 1. The van der Waals surface area contributed by atoms with Crippen LogP contribution in [0.5, 0.6) is 0 Å². The Kier molecular flexibility index (Phi) is 3.91. The monoisotopic (exact) mass is 283 g/mol. The quantitative estimate of drug-likeness (QED) is 0.915. The van der Waals surface area contributed by atoms with Crippen LogP contribution in [-0.2, 0) is 4.79 Å². The normalized spacial score (nSPS) is 18.2. The molecule has 1 saturated carbocycles. The van der Waals surface area contributed by atoms with Gasteiger partial charge < -0.3 is 5.32 Å². The summed E-state index contributed by atoms with van der Waals surface area (Å²) in [4.78, 5) is 24.6. The molecule has 0 aliphatic heterocycles. The number of hydrogen-bond acceptors (Lipinski definition) is 2. The van der Waals surface area contributed by atoms with Crippen molar-refractivity contribution < 1.29 is 9.59 Å². The van der Waals surface area contributed by atoms with Crippen molar-refractivity contribution in [2.75, 3.05) is 0 Å². The molecule has 1 aromatic carbocycles. The van der Waals surface area contributed by atoms with Gasteiger partial charge in [-0.05, 0) is 36.3 Å². The fourth-order valence-corrected chi connectivity index (χ4v) is 3.50. The highest BCUT2D eigenvalue weighted by atomic mass is 16.2. The Morgan fingerprint density at radius 3 is 2.52 bits per heavy atom. The SMILES string of the molecule is CCCC(=O)NC1=C(C2CCCC2)c2ccccc2C1=O. The summed E-state index contributed by atoms with van der Waals surface area (Å²) in [5, 5.41) is 2.89. The summed E-state index contributed by atoms with van der Waals surface area (Å²) < 4.78 is 0. The molecule has 0 aromatic heterocycles. The number of amides is 1. The van der Waals surface area contributed by atoms with Gasteiger partial charge in [0, 0.05) is 12.0 Å². The van der Waals surface area contributed by atoms with E-state index < -0.39 is 0 Å². The Bertz CT molecular complexity index is 609. The van der Waals surface area contributed by atoms with E-state index in [0.29, 0.717) is 18.0 Å². The number of ketones is 1. The lowest BCUT2D eigenvalue weighted by Crippen LogP contribution is -2.26. The van der Waals surface area contributed by atoms with Gasteiger partial charge in [-0.15, -0.1) is 0 Å². The molecule has 0 atom stereocenters. The molecule has 3 nitrogen and oxygen atoms in total. The summed E-state index contributed by atoms with van der Waals surface area (Å²) >= 11 is 0. The number of hydrogen-bond donors (Lipinski definition) is 1. The molecule has 1 amide bonds. The highest BCUT2D eigenvalue weighted by Gasteiger charge is 2.35. The van der Waals surface area contributed by atoms with Gasteiger partial charge in [0.1, 0.15) is 0 Å². The Labute approximate surface area is 125 Å². The molecule has 0 unspecified atom stereocenters. The third-order valence-electron chi connectivity index (χ3n) is 4.46. The largest absolute Gasteiger partial charge is 0.323 e. The van der Waals surface area contributed by atoms with Crippen molar-refractivity contribution in [2.24, 2.45) is 5.92 Å². The second kappa shape index (κ2) is 5.84. The van der Waals surface area contributed by atoms with E-state index in [9.17, 15) is 9.59 Å². The maximum absolute atomic E-state index is 12.6. The molecule has 0 spiro atoms. The Morgan fingerprint density at radius 2 is 1.86 bits per heavy atom. The first-order valence-corrected chi connectivity index (χ1v) is 7.90. The molecule has 21 heavy (non-hydrogen) atoms. The molecule has 2 aliphatic carbocycles. The van der Waals surface area contributed by atoms with Crippen LogP contribution in [0, 0.1) is 5.92 Å². The van der Waals surface area contributed by atoms with Crippen LogP contribution in [-0.4, -0.2) is 11.7 Å². The number of rotatable bonds is 4. The lowest BCUT2D eigenvalue weighted by molar-refractivity contribution is -0.120. The third kappa shape index (κ3) is 2.53. The van der Waals surface area contributed by atoms with Gasteiger partial charge in [0.05, 0.1) is 5.70 Å². The van der Waals surface area contributed by atoms with Crippen LogP contribution in [0.4, 0.5) is 0 Å². The summed E-state index contributed by atoms with van der Waals surface area (Å²) in [7, 11) is 0. The molecule has 2 aliphatic rings. The number of nitrogens with one attached hydrogen (secondary N) is 1. The zero-order valence-corrected chi connectivity index (χ0v) is 12.4. The van der Waals surface area contributed by atoms with Gasteiger partial charge in [0.25, 0.3) is 0 Å². The second-order valence-electron chi connectivity index (χ2n) is 5.94. The van der Waals surface area contributed by atoms with Crippen molar-refractivity contribution in [3.05, 3.63) is 41.1 Å². The van der Waals surface area contributed by atoms with Crippen molar-refractivity contribution in [2.45, 2.75) is 45.4 Å². The average molecular weight is 283 g/mol. The standard InChI is InChI=1S/C18H21NO2/c1-2-7-15(20)19-17-16(12-8-3-4-9-12)13-10-5-6-11-14(13)18(17)21/h5-6,10-12H,2-4,7-9H2,1H3,(H,19,20,21). The van der Waals surface area contributed by atoms with Crippen LogP contribution >= 0.6 is 0 Å². The first-order valence-electron chi connectivity index (χ1n) is 7.90. The fraction of sp³-hybridized carbons (Fsp3) is 0.444. The number of carbonyl (C=O) groups is 2. The molecule has 110 valence electrons. The van der Waals surface area contributed by atoms with Crippen LogP contribution in [0.3, 0.4) is 0 Å². The maximum Gasteiger partial charge on any atom is 0.224 e. The van der Waals surface area contributed by atoms with Crippen LogP contribution in [0.1, 0.15) is 61.4 Å². The van der Waals surface area contributed by atoms with Gasteiger partial charge >= 0.3 is 0 Å². The predicted molar refractivity (Wildman–Crippen MR) is 82.7 cm³/mol. The third-order valence-corrected chi connectivity index (χ3v) is 4.46. The van der Waals surface area contributed by atoms with Crippen LogP contribution in [0.25, 0.3) is 5.57 Å². The zero-order valence-electron chi connectivity index (χ0n) is 12.4. The lowest BCUT2D eigenvalue weighted by Gasteiger charge is -2.15. The van der Waals surface area contributed by atoms with Gasteiger partial charge in [0.15, 0.2) is 0 Å². The minimum atomic E-state index is -0.0517. The van der Waals surface area contributed by atoms with Gasteiger partial charge in [-0.2, -0.15) is 0 Å². The summed E-state index contributed by atoms with van der Waals surface area (Å²) in [6, 6.07) is 7.74. The van der Waals surface area contributed by atoms with Crippen molar-refractivity contribution in [3.63, 3.8) is 0 Å². The first kappa shape index (κ1) is 14.1. The minimum absolute atomic E-state index is 0.0167. The molecular weight excluding hydrogens is 262 g/mol. The van der Waals surface area contributed by atoms with E-state index in [-0.39, 0.29) is 11.7 Å². The van der Waals surface area contributed by atoms with E-state index in [1.165, 1.54) is 12.8 Å². The lowest BCUT2D eigenvalue weighted by atomic mass is 9.92. The minimum Gasteiger partial charge on any atom is -0.323 e. The molecule has 1 aromatic rings. The van der Waals surface area contributed by atoms with E-state index in [2.05, 4.69) is 5.32 Å². The molecule has 3 rings (SSSR count). The van der Waals surface area contributed by atoms with E-state index in [0.717, 1.165) is 36.0 Å². The maximum atomic E-state index is 12.6. The second-order valence-corrected chi connectivity index (χ2v) is 5.94. The summed E-state index contributed by atoms with van der Waals surface area (Å²) in [5.41, 5.74) is 3.39. The van der Waals surface area contributed by atoms with E-state index in [4.69, 9.17) is 0 Å². The first-order chi connectivity index (χ1) is 10.2. The van der Waals surface area contributed by atoms with Crippen molar-refractivity contribution in [1.29, 1.82) is 0 Å². The van der Waals surface area contributed by atoms with Gasteiger partial charge in [0.2, 0.25) is 11.7 Å². The average Bonchev–Trinajstić information content (AvgIpc) is 3.08. The van der Waals surface area contributed by atoms with E-state index >= 15 is 0 Å². The van der Waals surface area contributed by atoms with E-state index in [1.807, 2.05) is 31.2 Å². The molecule has 1 fully saturated rings. The molecule has 0 radical (unpaired) electrons. The van der Waals surface area contributed by atoms with Crippen LogP contribution in [0.15, 0.2) is 30.0 Å². The van der Waals surface area contributed by atoms with E-state index in [1.54, 1.807) is 0 Å². The number of allylic oxidation sites excluding steroid dienone is 2. The Balaban J connectivity index is 2.01. The molecule has 3 heteroatoms. The number of Topliss-reactive ketones (excluding diaryl/α,β-unsaturated/α-hetero) is 1. The molecule has 0 heterocycles. The van der Waals surface area contributed by atoms with Crippen LogP contribution < -0.4 is 5.32 Å². The predicted octanol–water partition coefficient (Wildman–Crippen LogP) is 3.70. The topological polar surface area (TPSA) is 46.2 Å². The smallest absolute Gasteiger partial charge is 0.224 e. The highest BCUT2D eigenvalue weighted by molar-refractivity contribution is 6.21. The highest BCUT2D eigenvalue weighted by Crippen LogP contribution is 2.43. The summed E-state index contributed by atoms with van der Waals surface area (Å²) in [6.45, 7) is 1.97. The molecule has 0 saturated heterocycles. The van der Waals surface area contributed by atoms with Gasteiger partial charge in [-0.1, -0.05) is 44.0 Å². The summed E-state index contributed by atoms with van der Waals surface area (Å²) in [6.07, 6.45) is 5.90. The Morgan fingerprint density at radius 1 is 1.19 bits per heavy atom.